The quantitative estimate of drug-likeness (QED) is 0.715. The van der Waals surface area contributed by atoms with E-state index in [-0.39, 0.29) is 24.9 Å². The van der Waals surface area contributed by atoms with Gasteiger partial charge in [-0.05, 0) is 0 Å². The molecule has 0 aliphatic carbocycles. The third kappa shape index (κ3) is 4.51. The molecule has 8 heteroatoms. The second kappa shape index (κ2) is 7.70. The number of hydrogen-bond donors (Lipinski definition) is 2. The number of thiazole rings is 1. The number of aromatic nitrogens is 1. The van der Waals surface area contributed by atoms with Gasteiger partial charge >= 0.3 is 0 Å². The highest BCUT2D eigenvalue weighted by Crippen LogP contribution is 2.25. The maximum atomic E-state index is 11.9. The number of amides is 1. The van der Waals surface area contributed by atoms with Crippen LogP contribution in [0.3, 0.4) is 0 Å². The summed E-state index contributed by atoms with van der Waals surface area (Å²) in [6.07, 6.45) is 1.71. The molecule has 114 valence electrons. The predicted octanol–water partition coefficient (Wildman–Crippen LogP) is -1.31. The topological polar surface area (TPSA) is 76.3 Å². The van der Waals surface area contributed by atoms with Crippen LogP contribution in [0.1, 0.15) is 0 Å². The molecule has 0 unspecified atom stereocenters. The lowest BCUT2D eigenvalue weighted by molar-refractivity contribution is -0.116. The number of carbonyl (C=O) groups is 1. The van der Waals surface area contributed by atoms with Crippen molar-refractivity contribution in [2.24, 2.45) is 0 Å². The number of anilines is 1. The van der Waals surface area contributed by atoms with Crippen molar-refractivity contribution >= 4 is 22.9 Å². The smallest absolute Gasteiger partial charge is 0.244 e. The Kier molecular flexibility index (Phi) is 6.26. The van der Waals surface area contributed by atoms with E-state index in [9.17, 15) is 4.79 Å². The van der Waals surface area contributed by atoms with Crippen LogP contribution in [0.4, 0.5) is 5.69 Å². The average molecular weight is 329 g/mol. The number of rotatable bonds is 5. The third-order valence-corrected chi connectivity index (χ3v) is 3.35. The van der Waals surface area contributed by atoms with E-state index in [1.807, 2.05) is 0 Å². The van der Waals surface area contributed by atoms with Gasteiger partial charge in [-0.3, -0.25) is 10.2 Å². The normalized spacial score (nSPS) is 9.62. The number of methoxy groups -OCH3 is 2. The molecule has 2 rings (SSSR count). The Morgan fingerprint density at radius 2 is 1.90 bits per heavy atom. The molecule has 0 saturated carbocycles. The molecular weight excluding hydrogens is 314 g/mol. The van der Waals surface area contributed by atoms with E-state index < -0.39 is 0 Å². The van der Waals surface area contributed by atoms with Gasteiger partial charge in [0, 0.05) is 35.5 Å². The molecule has 1 heterocycles. The van der Waals surface area contributed by atoms with Gasteiger partial charge in [-0.25, -0.2) is 0 Å². The fourth-order valence-corrected chi connectivity index (χ4v) is 2.26. The molecule has 0 fully saturated rings. The molecule has 0 bridgehead atoms. The van der Waals surface area contributed by atoms with E-state index in [1.54, 1.807) is 48.6 Å². The van der Waals surface area contributed by atoms with Gasteiger partial charge in [-0.2, -0.15) is 0 Å². The van der Waals surface area contributed by atoms with Gasteiger partial charge in [-0.1, -0.05) is 0 Å². The van der Waals surface area contributed by atoms with Crippen LogP contribution in [0.5, 0.6) is 11.5 Å². The van der Waals surface area contributed by atoms with Crippen molar-refractivity contribution in [3.8, 4) is 11.5 Å². The minimum Gasteiger partial charge on any atom is -1.00 e. The number of nitrogens with one attached hydrogen (secondary N) is 2. The summed E-state index contributed by atoms with van der Waals surface area (Å²) < 4.78 is 11.8. The lowest BCUT2D eigenvalue weighted by Crippen LogP contribution is -3.00. The zero-order valence-electron chi connectivity index (χ0n) is 11.6. The standard InChI is InChI=1S/C13H15N3O3S.ClH/c1-18-10-5-9(6-11(7-10)19-2)15-12(17)8-16-3-4-20-13(16)14;/h3-7,14H,8H2,1-2H3,(H,15,17);1H/p-1. The molecule has 6 nitrogen and oxygen atoms in total. The van der Waals surface area contributed by atoms with Crippen molar-refractivity contribution in [3.63, 3.8) is 0 Å². The van der Waals surface area contributed by atoms with Crippen molar-refractivity contribution in [1.82, 2.24) is 4.57 Å². The average Bonchev–Trinajstić information content (AvgIpc) is 2.83. The second-order valence-corrected chi connectivity index (χ2v) is 4.88. The molecule has 2 aromatic rings. The largest absolute Gasteiger partial charge is 1.00 e. The van der Waals surface area contributed by atoms with Crippen LogP contribution in [0.25, 0.3) is 0 Å². The van der Waals surface area contributed by atoms with Crippen molar-refractivity contribution in [2.45, 2.75) is 6.54 Å². The minimum absolute atomic E-state index is 0. The number of carbonyl (C=O) groups excluding carboxylic acids is 1. The molecule has 0 spiro atoms. The van der Waals surface area contributed by atoms with Crippen molar-refractivity contribution in [3.05, 3.63) is 34.6 Å². The number of benzene rings is 1. The van der Waals surface area contributed by atoms with Gasteiger partial charge in [0.2, 0.25) is 5.91 Å². The molecule has 2 N–H and O–H groups in total. The van der Waals surface area contributed by atoms with Gasteiger partial charge in [0.1, 0.15) is 18.0 Å². The monoisotopic (exact) mass is 328 g/mol. The Morgan fingerprint density at radius 3 is 2.38 bits per heavy atom. The molecule has 0 radical (unpaired) electrons. The molecular formula is C13H15ClN3O3S-. The molecule has 21 heavy (non-hydrogen) atoms. The van der Waals surface area contributed by atoms with E-state index >= 15 is 0 Å². The van der Waals surface area contributed by atoms with Gasteiger partial charge in [0.05, 0.1) is 14.2 Å². The number of hydrogen-bond acceptors (Lipinski definition) is 5. The lowest BCUT2D eigenvalue weighted by atomic mass is 10.2. The van der Waals surface area contributed by atoms with E-state index in [2.05, 4.69) is 5.32 Å². The summed E-state index contributed by atoms with van der Waals surface area (Å²) in [5, 5.41) is 12.1. The van der Waals surface area contributed by atoms with E-state index in [1.165, 1.54) is 11.3 Å². The van der Waals surface area contributed by atoms with E-state index in [0.29, 0.717) is 22.0 Å². The molecule has 1 aromatic carbocycles. The van der Waals surface area contributed by atoms with Crippen molar-refractivity contribution in [1.29, 1.82) is 5.41 Å². The first-order valence-electron chi connectivity index (χ1n) is 5.84. The van der Waals surface area contributed by atoms with Crippen molar-refractivity contribution in [2.75, 3.05) is 19.5 Å². The summed E-state index contributed by atoms with van der Waals surface area (Å²) >= 11 is 1.27. The van der Waals surface area contributed by atoms with Crippen LogP contribution in [0, 0.1) is 5.41 Å². The zero-order valence-corrected chi connectivity index (χ0v) is 13.1. The SMILES string of the molecule is COc1cc(NC(=O)Cn2ccsc2=N)cc(OC)c1.[Cl-]. The number of ether oxygens (including phenoxy) is 2. The first kappa shape index (κ1) is 17.1. The van der Waals surface area contributed by atoms with Crippen LogP contribution in [-0.2, 0) is 11.3 Å². The summed E-state index contributed by atoms with van der Waals surface area (Å²) in [6, 6.07) is 5.14. The Bertz CT molecular complexity index is 646. The molecule has 1 aromatic heterocycles. The second-order valence-electron chi connectivity index (χ2n) is 3.99. The zero-order chi connectivity index (χ0) is 14.5. The van der Waals surface area contributed by atoms with Gasteiger partial charge in [0.15, 0.2) is 4.80 Å². The predicted molar refractivity (Wildman–Crippen MR) is 76.3 cm³/mol. The molecule has 0 aliphatic heterocycles. The highest BCUT2D eigenvalue weighted by atomic mass is 35.5. The van der Waals surface area contributed by atoms with Crippen LogP contribution in [0.15, 0.2) is 29.8 Å². The minimum atomic E-state index is -0.211. The number of nitrogens with zero attached hydrogens (tertiary/aromatic N) is 1. The lowest BCUT2D eigenvalue weighted by Gasteiger charge is -2.10. The van der Waals surface area contributed by atoms with Crippen LogP contribution < -0.4 is 32.0 Å². The Balaban J connectivity index is 0.00000220. The summed E-state index contributed by atoms with van der Waals surface area (Å²) in [6.45, 7) is 0.0991. The van der Waals surface area contributed by atoms with Crippen LogP contribution in [0.2, 0.25) is 0 Å². The third-order valence-electron chi connectivity index (χ3n) is 2.63. The molecule has 0 atom stereocenters. The van der Waals surface area contributed by atoms with E-state index in [0.717, 1.165) is 0 Å². The molecule has 0 aliphatic rings. The highest BCUT2D eigenvalue weighted by Gasteiger charge is 2.07. The summed E-state index contributed by atoms with van der Waals surface area (Å²) in [4.78, 5) is 12.3. The highest BCUT2D eigenvalue weighted by molar-refractivity contribution is 7.06. The maximum Gasteiger partial charge on any atom is 0.244 e. The van der Waals surface area contributed by atoms with Crippen LogP contribution in [-0.4, -0.2) is 24.7 Å². The first-order chi connectivity index (χ1) is 9.62. The Morgan fingerprint density at radius 1 is 1.29 bits per heavy atom. The fraction of sp³-hybridized carbons (Fsp3) is 0.231. The summed E-state index contributed by atoms with van der Waals surface area (Å²) in [5.41, 5.74) is 0.591. The summed E-state index contributed by atoms with van der Waals surface area (Å²) in [7, 11) is 3.10. The summed E-state index contributed by atoms with van der Waals surface area (Å²) in [5.74, 6) is 0.991. The molecule has 1 amide bonds. The van der Waals surface area contributed by atoms with Gasteiger partial charge in [0.25, 0.3) is 0 Å². The van der Waals surface area contributed by atoms with E-state index in [4.69, 9.17) is 14.9 Å². The maximum absolute atomic E-state index is 11.9. The van der Waals surface area contributed by atoms with Crippen molar-refractivity contribution < 1.29 is 26.7 Å². The van der Waals surface area contributed by atoms with Gasteiger partial charge < -0.3 is 31.8 Å². The van der Waals surface area contributed by atoms with Crippen LogP contribution >= 0.6 is 11.3 Å². The Labute approximate surface area is 132 Å². The van der Waals surface area contributed by atoms with Gasteiger partial charge in [-0.15, -0.1) is 11.3 Å². The fourth-order valence-electron chi connectivity index (χ4n) is 1.66. The molecule has 0 saturated heterocycles. The Hall–Kier alpha value is -1.99. The number of halogens is 1. The first-order valence-corrected chi connectivity index (χ1v) is 6.72.